The average Bonchev–Trinajstić information content (AvgIpc) is 3.32. The van der Waals surface area contributed by atoms with Crippen molar-refractivity contribution in [2.45, 2.75) is 25.9 Å². The Balaban J connectivity index is 1.38. The van der Waals surface area contributed by atoms with Gasteiger partial charge in [0.2, 0.25) is 0 Å². The molecule has 1 aliphatic heterocycles. The van der Waals surface area contributed by atoms with Gasteiger partial charge < -0.3 is 4.52 Å². The maximum atomic E-state index is 12.1. The molecular weight excluding hydrogens is 320 g/mol. The van der Waals surface area contributed by atoms with Crippen LogP contribution in [-0.4, -0.2) is 42.7 Å². The van der Waals surface area contributed by atoms with E-state index in [0.717, 1.165) is 38.0 Å². The van der Waals surface area contributed by atoms with E-state index in [9.17, 15) is 4.79 Å². The molecule has 8 heteroatoms. The Labute approximate surface area is 144 Å². The van der Waals surface area contributed by atoms with Crippen LogP contribution in [-0.2, 0) is 13.1 Å². The van der Waals surface area contributed by atoms with Crippen molar-refractivity contribution in [2.75, 3.05) is 13.1 Å². The van der Waals surface area contributed by atoms with Gasteiger partial charge in [-0.15, -0.1) is 5.10 Å². The molecule has 0 N–H and O–H groups in total. The lowest BCUT2D eigenvalue weighted by Crippen LogP contribution is -2.36. The third-order valence-electron chi connectivity index (χ3n) is 4.62. The first-order valence-corrected chi connectivity index (χ1v) is 8.47. The number of piperidine rings is 1. The number of aromatic nitrogens is 5. The highest BCUT2D eigenvalue weighted by molar-refractivity contribution is 5.17. The van der Waals surface area contributed by atoms with Crippen molar-refractivity contribution in [1.29, 1.82) is 0 Å². The molecule has 0 saturated carbocycles. The van der Waals surface area contributed by atoms with Crippen molar-refractivity contribution in [3.63, 3.8) is 0 Å². The van der Waals surface area contributed by atoms with Crippen LogP contribution < -0.4 is 5.56 Å². The van der Waals surface area contributed by atoms with Crippen LogP contribution in [0.2, 0.25) is 0 Å². The van der Waals surface area contributed by atoms with Crippen LogP contribution in [0, 0.1) is 5.92 Å². The van der Waals surface area contributed by atoms with Gasteiger partial charge in [-0.05, 0) is 44.0 Å². The minimum absolute atomic E-state index is 0.0668. The Morgan fingerprint density at radius 2 is 2.12 bits per heavy atom. The first kappa shape index (κ1) is 15.8. The van der Waals surface area contributed by atoms with E-state index in [0.29, 0.717) is 18.3 Å². The smallest absolute Gasteiger partial charge is 0.266 e. The highest BCUT2D eigenvalue weighted by atomic mass is 16.5. The second-order valence-electron chi connectivity index (χ2n) is 6.41. The first-order valence-electron chi connectivity index (χ1n) is 8.47. The predicted octanol–water partition coefficient (Wildman–Crippen LogP) is 1.33. The monoisotopic (exact) mass is 340 g/mol. The fourth-order valence-corrected chi connectivity index (χ4v) is 3.23. The minimum Gasteiger partial charge on any atom is -0.364 e. The Kier molecular flexibility index (Phi) is 4.43. The molecule has 1 saturated heterocycles. The number of rotatable bonds is 5. The van der Waals surface area contributed by atoms with E-state index in [1.54, 1.807) is 40.2 Å². The molecule has 25 heavy (non-hydrogen) atoms. The van der Waals surface area contributed by atoms with Crippen LogP contribution in [0.15, 0.2) is 52.4 Å². The van der Waals surface area contributed by atoms with Crippen molar-refractivity contribution in [3.05, 3.63) is 59.0 Å². The van der Waals surface area contributed by atoms with Gasteiger partial charge in [-0.3, -0.25) is 9.69 Å². The molecule has 4 rings (SSSR count). The average molecular weight is 340 g/mol. The normalized spacial score (nSPS) is 16.3. The molecular formula is C17H20N6O2. The van der Waals surface area contributed by atoms with Crippen molar-refractivity contribution < 1.29 is 4.52 Å². The molecule has 3 aromatic rings. The molecule has 1 aliphatic rings. The summed E-state index contributed by atoms with van der Waals surface area (Å²) in [5, 5.41) is 12.4. The Morgan fingerprint density at radius 1 is 1.24 bits per heavy atom. The SMILES string of the molecule is O=c1ccc(-n2cccn2)nn1CC1CCN(Cc2cnoc2)CC1. The zero-order valence-corrected chi connectivity index (χ0v) is 13.9. The topological polar surface area (TPSA) is 82.0 Å². The lowest BCUT2D eigenvalue weighted by molar-refractivity contribution is 0.163. The van der Waals surface area contributed by atoms with E-state index in [2.05, 4.69) is 20.3 Å². The van der Waals surface area contributed by atoms with Gasteiger partial charge in [0, 0.05) is 37.1 Å². The molecule has 0 radical (unpaired) electrons. The summed E-state index contributed by atoms with van der Waals surface area (Å²) in [6, 6.07) is 5.10. The van der Waals surface area contributed by atoms with Crippen LogP contribution in [0.1, 0.15) is 18.4 Å². The van der Waals surface area contributed by atoms with Crippen LogP contribution in [0.3, 0.4) is 0 Å². The fourth-order valence-electron chi connectivity index (χ4n) is 3.23. The standard InChI is InChI=1S/C17H20N6O2/c24-17-3-2-16(22-7-1-6-18-22)20-23(17)12-14-4-8-21(9-5-14)11-15-10-19-25-13-15/h1-3,6-7,10,13-14H,4-5,8-9,11-12H2. The molecule has 0 spiro atoms. The van der Waals surface area contributed by atoms with Crippen LogP contribution in [0.25, 0.3) is 5.82 Å². The largest absolute Gasteiger partial charge is 0.364 e. The van der Waals surface area contributed by atoms with Gasteiger partial charge in [0.15, 0.2) is 5.82 Å². The maximum absolute atomic E-state index is 12.1. The Bertz CT molecular complexity index is 848. The second-order valence-corrected chi connectivity index (χ2v) is 6.41. The zero-order valence-electron chi connectivity index (χ0n) is 13.9. The Morgan fingerprint density at radius 3 is 2.84 bits per heavy atom. The van der Waals surface area contributed by atoms with Gasteiger partial charge in [0.1, 0.15) is 6.26 Å². The van der Waals surface area contributed by atoms with Gasteiger partial charge in [0.05, 0.1) is 6.20 Å². The molecule has 0 aromatic carbocycles. The van der Waals surface area contributed by atoms with E-state index >= 15 is 0 Å². The summed E-state index contributed by atoms with van der Waals surface area (Å²) in [6.45, 7) is 3.52. The molecule has 0 unspecified atom stereocenters. The quantitative estimate of drug-likeness (QED) is 0.697. The number of nitrogens with zero attached hydrogens (tertiary/aromatic N) is 6. The van der Waals surface area contributed by atoms with E-state index in [4.69, 9.17) is 4.52 Å². The summed E-state index contributed by atoms with van der Waals surface area (Å²) >= 11 is 0. The zero-order chi connectivity index (χ0) is 17.1. The van der Waals surface area contributed by atoms with E-state index in [1.807, 2.05) is 12.3 Å². The van der Waals surface area contributed by atoms with Crippen molar-refractivity contribution in [1.82, 2.24) is 29.6 Å². The van der Waals surface area contributed by atoms with Gasteiger partial charge >= 0.3 is 0 Å². The molecule has 8 nitrogen and oxygen atoms in total. The highest BCUT2D eigenvalue weighted by Crippen LogP contribution is 2.20. The van der Waals surface area contributed by atoms with Gasteiger partial charge in [0.25, 0.3) is 5.56 Å². The summed E-state index contributed by atoms with van der Waals surface area (Å²) in [7, 11) is 0. The lowest BCUT2D eigenvalue weighted by Gasteiger charge is -2.31. The third kappa shape index (κ3) is 3.69. The summed E-state index contributed by atoms with van der Waals surface area (Å²) in [4.78, 5) is 14.5. The molecule has 4 heterocycles. The van der Waals surface area contributed by atoms with Crippen molar-refractivity contribution >= 4 is 0 Å². The van der Waals surface area contributed by atoms with Crippen LogP contribution in [0.5, 0.6) is 0 Å². The summed E-state index contributed by atoms with van der Waals surface area (Å²) in [5.41, 5.74) is 1.03. The van der Waals surface area contributed by atoms with Gasteiger partial charge in [-0.1, -0.05) is 5.16 Å². The molecule has 0 amide bonds. The van der Waals surface area contributed by atoms with E-state index < -0.39 is 0 Å². The molecule has 1 fully saturated rings. The lowest BCUT2D eigenvalue weighted by atomic mass is 9.96. The molecule has 130 valence electrons. The van der Waals surface area contributed by atoms with Crippen LogP contribution >= 0.6 is 0 Å². The molecule has 0 bridgehead atoms. The van der Waals surface area contributed by atoms with Crippen molar-refractivity contribution in [2.24, 2.45) is 5.92 Å². The fraction of sp³-hybridized carbons (Fsp3) is 0.412. The molecule has 0 aliphatic carbocycles. The van der Waals surface area contributed by atoms with E-state index in [1.165, 1.54) is 0 Å². The second kappa shape index (κ2) is 7.02. The summed E-state index contributed by atoms with van der Waals surface area (Å²) < 4.78 is 8.11. The third-order valence-corrected chi connectivity index (χ3v) is 4.62. The molecule has 0 atom stereocenters. The number of hydrogen-bond acceptors (Lipinski definition) is 6. The van der Waals surface area contributed by atoms with E-state index in [-0.39, 0.29) is 5.56 Å². The predicted molar refractivity (Wildman–Crippen MR) is 90.1 cm³/mol. The highest BCUT2D eigenvalue weighted by Gasteiger charge is 2.21. The Hall–Kier alpha value is -2.74. The summed E-state index contributed by atoms with van der Waals surface area (Å²) in [5.74, 6) is 1.12. The van der Waals surface area contributed by atoms with Gasteiger partial charge in [-0.25, -0.2) is 9.36 Å². The van der Waals surface area contributed by atoms with Crippen molar-refractivity contribution in [3.8, 4) is 5.82 Å². The maximum Gasteiger partial charge on any atom is 0.266 e. The van der Waals surface area contributed by atoms with Gasteiger partial charge in [-0.2, -0.15) is 5.10 Å². The van der Waals surface area contributed by atoms with Crippen LogP contribution in [0.4, 0.5) is 0 Å². The molecule has 3 aromatic heterocycles. The first-order chi connectivity index (χ1) is 12.3. The number of hydrogen-bond donors (Lipinski definition) is 0. The minimum atomic E-state index is -0.0668. The number of likely N-dealkylation sites (tertiary alicyclic amines) is 1. The summed E-state index contributed by atoms with van der Waals surface area (Å²) in [6.07, 6.45) is 9.06.